The summed E-state index contributed by atoms with van der Waals surface area (Å²) in [6, 6.07) is 12.9. The van der Waals surface area contributed by atoms with Gasteiger partial charge in [-0.3, -0.25) is 4.79 Å². The highest BCUT2D eigenvalue weighted by molar-refractivity contribution is 5.77. The number of ether oxygens (including phenoxy) is 3. The first-order chi connectivity index (χ1) is 11.2. The summed E-state index contributed by atoms with van der Waals surface area (Å²) in [6.07, 6.45) is -0.250. The van der Waals surface area contributed by atoms with Gasteiger partial charge in [-0.2, -0.15) is 0 Å². The van der Waals surface area contributed by atoms with Gasteiger partial charge in [0.05, 0.1) is 6.54 Å². The summed E-state index contributed by atoms with van der Waals surface area (Å²) < 4.78 is 29.3. The summed E-state index contributed by atoms with van der Waals surface area (Å²) in [7, 11) is 0. The van der Waals surface area contributed by atoms with Gasteiger partial charge in [-0.25, -0.2) is 4.39 Å². The van der Waals surface area contributed by atoms with Crippen LogP contribution < -0.4 is 19.5 Å². The molecule has 0 radical (unpaired) electrons. The van der Waals surface area contributed by atoms with Gasteiger partial charge in [-0.05, 0) is 36.4 Å². The van der Waals surface area contributed by atoms with Crippen molar-refractivity contribution in [3.63, 3.8) is 0 Å². The normalized spacial score (nSPS) is 15.8. The molecule has 0 saturated heterocycles. The minimum Gasteiger partial charge on any atom is -0.486 e. The molecule has 0 saturated carbocycles. The highest BCUT2D eigenvalue weighted by atomic mass is 19.1. The molecule has 0 aliphatic carbocycles. The van der Waals surface area contributed by atoms with Gasteiger partial charge >= 0.3 is 0 Å². The Balaban J connectivity index is 1.42. The Kier molecular flexibility index (Phi) is 4.61. The zero-order chi connectivity index (χ0) is 16.1. The smallest absolute Gasteiger partial charge is 0.258 e. The average molecular weight is 317 g/mol. The van der Waals surface area contributed by atoms with Gasteiger partial charge in [-0.1, -0.05) is 12.1 Å². The summed E-state index contributed by atoms with van der Waals surface area (Å²) in [5.41, 5.74) is 0. The predicted molar refractivity (Wildman–Crippen MR) is 81.3 cm³/mol. The minimum atomic E-state index is -0.350. The van der Waals surface area contributed by atoms with Crippen molar-refractivity contribution >= 4 is 5.91 Å². The molecule has 2 aromatic rings. The van der Waals surface area contributed by atoms with E-state index in [1.54, 1.807) is 0 Å². The van der Waals surface area contributed by atoms with Crippen molar-refractivity contribution in [2.75, 3.05) is 19.8 Å². The number of nitrogens with one attached hydrogen (secondary N) is 1. The van der Waals surface area contributed by atoms with E-state index in [1.807, 2.05) is 24.3 Å². The summed E-state index contributed by atoms with van der Waals surface area (Å²) >= 11 is 0. The Labute approximate surface area is 133 Å². The molecule has 3 rings (SSSR count). The summed E-state index contributed by atoms with van der Waals surface area (Å²) in [5.74, 6) is 1.18. The highest BCUT2D eigenvalue weighted by Crippen LogP contribution is 2.30. The molecule has 1 aliphatic heterocycles. The molecule has 1 N–H and O–H groups in total. The van der Waals surface area contributed by atoms with Gasteiger partial charge in [0.25, 0.3) is 5.91 Å². The zero-order valence-corrected chi connectivity index (χ0v) is 12.3. The van der Waals surface area contributed by atoms with Crippen molar-refractivity contribution in [3.05, 3.63) is 54.3 Å². The Hall–Kier alpha value is -2.76. The molecule has 1 heterocycles. The quantitative estimate of drug-likeness (QED) is 0.918. The van der Waals surface area contributed by atoms with E-state index in [0.717, 1.165) is 0 Å². The lowest BCUT2D eigenvalue weighted by molar-refractivity contribution is -0.123. The number of rotatable bonds is 5. The number of carbonyl (C=O) groups excluding carboxylic acids is 1. The van der Waals surface area contributed by atoms with Gasteiger partial charge < -0.3 is 19.5 Å². The lowest BCUT2D eigenvalue weighted by Gasteiger charge is -2.26. The number of amides is 1. The summed E-state index contributed by atoms with van der Waals surface area (Å²) in [4.78, 5) is 11.8. The van der Waals surface area contributed by atoms with Crippen LogP contribution in [0, 0.1) is 5.82 Å². The van der Waals surface area contributed by atoms with Crippen LogP contribution in [0.15, 0.2) is 48.5 Å². The standard InChI is InChI=1S/C17H16FNO4/c18-12-5-7-13(8-6-12)21-11-17(20)19-9-14-10-22-15-3-1-2-4-16(15)23-14/h1-8,14H,9-11H2,(H,19,20)/t14-/m0/s1. The molecule has 0 fully saturated rings. The number of fused-ring (bicyclic) bond motifs is 1. The van der Waals surface area contributed by atoms with Gasteiger partial charge in [0.15, 0.2) is 18.1 Å². The molecule has 1 aliphatic rings. The van der Waals surface area contributed by atoms with E-state index >= 15 is 0 Å². The highest BCUT2D eigenvalue weighted by Gasteiger charge is 2.20. The van der Waals surface area contributed by atoms with Crippen LogP contribution in [0.3, 0.4) is 0 Å². The molecule has 0 bridgehead atoms. The van der Waals surface area contributed by atoms with Crippen molar-refractivity contribution in [3.8, 4) is 17.2 Å². The number of hydrogen-bond donors (Lipinski definition) is 1. The first kappa shape index (κ1) is 15.1. The number of carbonyl (C=O) groups is 1. The van der Waals surface area contributed by atoms with Crippen LogP contribution >= 0.6 is 0 Å². The summed E-state index contributed by atoms with van der Waals surface area (Å²) in [6.45, 7) is 0.547. The molecule has 6 heteroatoms. The predicted octanol–water partition coefficient (Wildman–Crippen LogP) is 2.16. The van der Waals surface area contributed by atoms with Crippen LogP contribution in [0.5, 0.6) is 17.2 Å². The van der Waals surface area contributed by atoms with Crippen LogP contribution in [0.25, 0.3) is 0 Å². The van der Waals surface area contributed by atoms with E-state index in [2.05, 4.69) is 5.32 Å². The second-order valence-electron chi connectivity index (χ2n) is 5.04. The van der Waals surface area contributed by atoms with Crippen LogP contribution in [0.4, 0.5) is 4.39 Å². The Morgan fingerprint density at radius 3 is 2.70 bits per heavy atom. The maximum atomic E-state index is 12.8. The SMILES string of the molecule is O=C(COc1ccc(F)cc1)NC[C@H]1COc2ccccc2O1. The molecule has 0 spiro atoms. The van der Waals surface area contributed by atoms with Crippen molar-refractivity contribution < 1.29 is 23.4 Å². The maximum Gasteiger partial charge on any atom is 0.258 e. The monoisotopic (exact) mass is 317 g/mol. The fraction of sp³-hybridized carbons (Fsp3) is 0.235. The van der Waals surface area contributed by atoms with E-state index in [1.165, 1.54) is 24.3 Å². The number of benzene rings is 2. The van der Waals surface area contributed by atoms with Gasteiger partial charge in [0.1, 0.15) is 24.3 Å². The topological polar surface area (TPSA) is 56.8 Å². The Bertz CT molecular complexity index is 675. The van der Waals surface area contributed by atoms with E-state index in [0.29, 0.717) is 30.4 Å². The van der Waals surface area contributed by atoms with Crippen LogP contribution in [0.1, 0.15) is 0 Å². The fourth-order valence-electron chi connectivity index (χ4n) is 2.12. The number of para-hydroxylation sites is 2. The third-order valence-electron chi connectivity index (χ3n) is 3.28. The van der Waals surface area contributed by atoms with Crippen molar-refractivity contribution in [1.82, 2.24) is 5.32 Å². The largest absolute Gasteiger partial charge is 0.486 e. The molecular formula is C17H16FNO4. The van der Waals surface area contributed by atoms with E-state index in [-0.39, 0.29) is 24.4 Å². The fourth-order valence-corrected chi connectivity index (χ4v) is 2.12. The second-order valence-corrected chi connectivity index (χ2v) is 5.04. The Morgan fingerprint density at radius 2 is 1.91 bits per heavy atom. The molecular weight excluding hydrogens is 301 g/mol. The molecule has 2 aromatic carbocycles. The molecule has 0 aromatic heterocycles. The van der Waals surface area contributed by atoms with E-state index in [4.69, 9.17) is 14.2 Å². The molecule has 120 valence electrons. The van der Waals surface area contributed by atoms with Crippen molar-refractivity contribution in [1.29, 1.82) is 0 Å². The lowest BCUT2D eigenvalue weighted by atomic mass is 10.2. The average Bonchev–Trinajstić information content (AvgIpc) is 2.59. The van der Waals surface area contributed by atoms with Crippen molar-refractivity contribution in [2.45, 2.75) is 6.10 Å². The van der Waals surface area contributed by atoms with Gasteiger partial charge in [0, 0.05) is 0 Å². The minimum absolute atomic E-state index is 0.143. The first-order valence-corrected chi connectivity index (χ1v) is 7.24. The molecule has 23 heavy (non-hydrogen) atoms. The third-order valence-corrected chi connectivity index (χ3v) is 3.28. The van der Waals surface area contributed by atoms with Crippen LogP contribution in [0.2, 0.25) is 0 Å². The van der Waals surface area contributed by atoms with E-state index < -0.39 is 0 Å². The number of hydrogen-bond acceptors (Lipinski definition) is 4. The third kappa shape index (κ3) is 4.12. The second kappa shape index (κ2) is 7.00. The van der Waals surface area contributed by atoms with Gasteiger partial charge in [-0.15, -0.1) is 0 Å². The van der Waals surface area contributed by atoms with Crippen LogP contribution in [-0.2, 0) is 4.79 Å². The van der Waals surface area contributed by atoms with Crippen molar-refractivity contribution in [2.24, 2.45) is 0 Å². The van der Waals surface area contributed by atoms with E-state index in [9.17, 15) is 9.18 Å². The number of halogens is 1. The first-order valence-electron chi connectivity index (χ1n) is 7.24. The lowest BCUT2D eigenvalue weighted by Crippen LogP contribution is -2.42. The zero-order valence-electron chi connectivity index (χ0n) is 12.3. The maximum absolute atomic E-state index is 12.8. The van der Waals surface area contributed by atoms with Gasteiger partial charge in [0.2, 0.25) is 0 Å². The molecule has 0 unspecified atom stereocenters. The molecule has 1 amide bonds. The molecule has 1 atom stereocenters. The molecule has 5 nitrogen and oxygen atoms in total. The summed E-state index contributed by atoms with van der Waals surface area (Å²) in [5, 5.41) is 2.72. The Morgan fingerprint density at radius 1 is 1.17 bits per heavy atom. The van der Waals surface area contributed by atoms with Crippen LogP contribution in [-0.4, -0.2) is 31.8 Å².